The Kier molecular flexibility index (Phi) is 4.89. The van der Waals surface area contributed by atoms with E-state index in [9.17, 15) is 0 Å². The Balaban J connectivity index is 1.60. The molecule has 2 aromatic rings. The standard InChI is InChI=1S/C19H22N4/c1-15-9-10-19(22-18(15)12-20)21-13-17-8-5-11-23(17)14-16-6-3-2-4-7-16/h2-4,6-7,9-10,17H,5,8,11,13-14H2,1H3,(H,21,22). The molecule has 23 heavy (non-hydrogen) atoms. The molecule has 4 heteroatoms. The molecule has 1 N–H and O–H groups in total. The normalized spacial score (nSPS) is 17.8. The number of rotatable bonds is 5. The highest BCUT2D eigenvalue weighted by Gasteiger charge is 2.24. The minimum atomic E-state index is 0.502. The van der Waals surface area contributed by atoms with E-state index < -0.39 is 0 Å². The van der Waals surface area contributed by atoms with Crippen molar-refractivity contribution in [3.63, 3.8) is 0 Å². The van der Waals surface area contributed by atoms with Crippen LogP contribution < -0.4 is 5.32 Å². The van der Waals surface area contributed by atoms with Crippen molar-refractivity contribution in [3.8, 4) is 6.07 Å². The summed E-state index contributed by atoms with van der Waals surface area (Å²) in [6.07, 6.45) is 2.45. The zero-order valence-electron chi connectivity index (χ0n) is 13.5. The van der Waals surface area contributed by atoms with Crippen LogP contribution in [0.4, 0.5) is 5.82 Å². The van der Waals surface area contributed by atoms with Crippen LogP contribution in [0, 0.1) is 18.3 Å². The van der Waals surface area contributed by atoms with Crippen LogP contribution in [0.25, 0.3) is 0 Å². The highest BCUT2D eigenvalue weighted by molar-refractivity contribution is 5.42. The predicted octanol–water partition coefficient (Wildman–Crippen LogP) is 3.34. The van der Waals surface area contributed by atoms with Gasteiger partial charge in [0.1, 0.15) is 17.6 Å². The van der Waals surface area contributed by atoms with Gasteiger partial charge in [-0.05, 0) is 43.5 Å². The van der Waals surface area contributed by atoms with Gasteiger partial charge in [-0.1, -0.05) is 36.4 Å². The molecule has 0 saturated carbocycles. The molecule has 0 radical (unpaired) electrons. The Hall–Kier alpha value is -2.38. The first-order valence-electron chi connectivity index (χ1n) is 8.16. The van der Waals surface area contributed by atoms with Gasteiger partial charge in [-0.25, -0.2) is 4.98 Å². The minimum Gasteiger partial charge on any atom is -0.368 e. The van der Waals surface area contributed by atoms with Gasteiger partial charge in [0.2, 0.25) is 0 Å². The van der Waals surface area contributed by atoms with Gasteiger partial charge < -0.3 is 5.32 Å². The van der Waals surface area contributed by atoms with E-state index in [1.807, 2.05) is 19.1 Å². The third-order valence-electron chi connectivity index (χ3n) is 4.45. The third kappa shape index (κ3) is 3.88. The molecule has 1 saturated heterocycles. The first kappa shape index (κ1) is 15.5. The molecule has 0 bridgehead atoms. The fourth-order valence-electron chi connectivity index (χ4n) is 3.12. The van der Waals surface area contributed by atoms with Gasteiger partial charge in [0.15, 0.2) is 0 Å². The smallest absolute Gasteiger partial charge is 0.145 e. The Morgan fingerprint density at radius 2 is 2.09 bits per heavy atom. The molecule has 1 aliphatic heterocycles. The first-order chi connectivity index (χ1) is 11.3. The monoisotopic (exact) mass is 306 g/mol. The minimum absolute atomic E-state index is 0.502. The van der Waals surface area contributed by atoms with E-state index in [0.717, 1.165) is 31.0 Å². The van der Waals surface area contributed by atoms with Gasteiger partial charge >= 0.3 is 0 Å². The van der Waals surface area contributed by atoms with E-state index in [1.54, 1.807) is 0 Å². The largest absolute Gasteiger partial charge is 0.368 e. The van der Waals surface area contributed by atoms with Crippen LogP contribution in [0.5, 0.6) is 0 Å². The summed E-state index contributed by atoms with van der Waals surface area (Å²) in [5.41, 5.74) is 2.78. The number of likely N-dealkylation sites (tertiary alicyclic amines) is 1. The van der Waals surface area contributed by atoms with E-state index in [4.69, 9.17) is 5.26 Å². The Bertz CT molecular complexity index is 690. The topological polar surface area (TPSA) is 52.0 Å². The van der Waals surface area contributed by atoms with Crippen molar-refractivity contribution in [2.45, 2.75) is 32.4 Å². The summed E-state index contributed by atoms with van der Waals surface area (Å²) in [7, 11) is 0. The van der Waals surface area contributed by atoms with Crippen LogP contribution in [0.15, 0.2) is 42.5 Å². The van der Waals surface area contributed by atoms with Gasteiger partial charge in [-0.3, -0.25) is 4.90 Å². The van der Waals surface area contributed by atoms with Crippen LogP contribution in [0.1, 0.15) is 29.7 Å². The lowest BCUT2D eigenvalue weighted by Gasteiger charge is -2.25. The van der Waals surface area contributed by atoms with E-state index in [-0.39, 0.29) is 0 Å². The molecule has 1 aromatic heterocycles. The summed E-state index contributed by atoms with van der Waals surface area (Å²) >= 11 is 0. The maximum absolute atomic E-state index is 9.08. The van der Waals surface area contributed by atoms with E-state index >= 15 is 0 Å². The van der Waals surface area contributed by atoms with Crippen LogP contribution in [0.2, 0.25) is 0 Å². The van der Waals surface area contributed by atoms with Crippen molar-refractivity contribution >= 4 is 5.82 Å². The Morgan fingerprint density at radius 3 is 2.87 bits per heavy atom. The summed E-state index contributed by atoms with van der Waals surface area (Å²) in [6, 6.07) is 17.2. The zero-order valence-corrected chi connectivity index (χ0v) is 13.5. The lowest BCUT2D eigenvalue weighted by Crippen LogP contribution is -2.34. The van der Waals surface area contributed by atoms with Gasteiger partial charge in [-0.15, -0.1) is 0 Å². The summed E-state index contributed by atoms with van der Waals surface area (Å²) in [4.78, 5) is 6.90. The molecule has 1 unspecified atom stereocenters. The number of hydrogen-bond acceptors (Lipinski definition) is 4. The molecule has 3 rings (SSSR count). The van der Waals surface area contributed by atoms with Gasteiger partial charge in [-0.2, -0.15) is 5.26 Å². The number of nitriles is 1. The van der Waals surface area contributed by atoms with Crippen molar-refractivity contribution in [1.29, 1.82) is 5.26 Å². The molecule has 0 spiro atoms. The van der Waals surface area contributed by atoms with Crippen LogP contribution >= 0.6 is 0 Å². The van der Waals surface area contributed by atoms with Crippen molar-refractivity contribution in [2.75, 3.05) is 18.4 Å². The molecule has 1 atom stereocenters. The van der Waals surface area contributed by atoms with Crippen molar-refractivity contribution in [1.82, 2.24) is 9.88 Å². The summed E-state index contributed by atoms with van der Waals surface area (Å²) < 4.78 is 0. The van der Waals surface area contributed by atoms with Crippen molar-refractivity contribution in [3.05, 3.63) is 59.3 Å². The first-order valence-corrected chi connectivity index (χ1v) is 8.16. The Morgan fingerprint density at radius 1 is 1.26 bits per heavy atom. The second-order valence-corrected chi connectivity index (χ2v) is 6.11. The molecule has 118 valence electrons. The number of aryl methyl sites for hydroxylation is 1. The quantitative estimate of drug-likeness (QED) is 0.920. The van der Waals surface area contributed by atoms with E-state index in [0.29, 0.717) is 11.7 Å². The van der Waals surface area contributed by atoms with Gasteiger partial charge in [0, 0.05) is 19.1 Å². The van der Waals surface area contributed by atoms with E-state index in [1.165, 1.54) is 18.4 Å². The van der Waals surface area contributed by atoms with E-state index in [2.05, 4.69) is 51.6 Å². The number of anilines is 1. The molecule has 1 aliphatic rings. The molecule has 1 aromatic carbocycles. The number of nitrogens with zero attached hydrogens (tertiary/aromatic N) is 3. The average Bonchev–Trinajstić information content (AvgIpc) is 3.02. The molecule has 0 aliphatic carbocycles. The van der Waals surface area contributed by atoms with Crippen LogP contribution in [-0.2, 0) is 6.54 Å². The number of pyridine rings is 1. The molecule has 1 fully saturated rings. The fourth-order valence-corrected chi connectivity index (χ4v) is 3.12. The number of benzene rings is 1. The number of hydrogen-bond donors (Lipinski definition) is 1. The van der Waals surface area contributed by atoms with Gasteiger partial charge in [0.25, 0.3) is 0 Å². The molecular formula is C19H22N4. The number of nitrogens with one attached hydrogen (secondary N) is 1. The second-order valence-electron chi connectivity index (χ2n) is 6.11. The molecule has 0 amide bonds. The predicted molar refractivity (Wildman–Crippen MR) is 92.1 cm³/mol. The van der Waals surface area contributed by atoms with Crippen LogP contribution in [-0.4, -0.2) is 29.0 Å². The Labute approximate surface area is 137 Å². The van der Waals surface area contributed by atoms with Crippen LogP contribution in [0.3, 0.4) is 0 Å². The maximum Gasteiger partial charge on any atom is 0.145 e. The SMILES string of the molecule is Cc1ccc(NCC2CCCN2Cc2ccccc2)nc1C#N. The summed E-state index contributed by atoms with van der Waals surface area (Å²) in [6.45, 7) is 4.92. The second kappa shape index (κ2) is 7.26. The van der Waals surface area contributed by atoms with Crippen molar-refractivity contribution in [2.24, 2.45) is 0 Å². The zero-order chi connectivity index (χ0) is 16.1. The summed E-state index contributed by atoms with van der Waals surface area (Å²) in [5.74, 6) is 0.790. The maximum atomic E-state index is 9.08. The molecule has 4 nitrogen and oxygen atoms in total. The third-order valence-corrected chi connectivity index (χ3v) is 4.45. The van der Waals surface area contributed by atoms with Gasteiger partial charge in [0.05, 0.1) is 0 Å². The summed E-state index contributed by atoms with van der Waals surface area (Å²) in [5, 5.41) is 12.5. The number of aromatic nitrogens is 1. The molecule has 2 heterocycles. The van der Waals surface area contributed by atoms with Crippen molar-refractivity contribution < 1.29 is 0 Å². The highest BCUT2D eigenvalue weighted by Crippen LogP contribution is 2.20. The fraction of sp³-hybridized carbons (Fsp3) is 0.368. The highest BCUT2D eigenvalue weighted by atomic mass is 15.2. The lowest BCUT2D eigenvalue weighted by atomic mass is 10.2. The average molecular weight is 306 g/mol. The molecular weight excluding hydrogens is 284 g/mol. The lowest BCUT2D eigenvalue weighted by molar-refractivity contribution is 0.254.